The summed E-state index contributed by atoms with van der Waals surface area (Å²) in [6, 6.07) is 14.2. The maximum absolute atomic E-state index is 10.3. The fourth-order valence-electron chi connectivity index (χ4n) is 5.00. The molecule has 10 heteroatoms. The minimum atomic E-state index is 0. The van der Waals surface area contributed by atoms with Gasteiger partial charge in [0, 0.05) is 35.2 Å². The fraction of sp³-hybridized carbons (Fsp3) is 0.387. The van der Waals surface area contributed by atoms with Gasteiger partial charge in [0.1, 0.15) is 0 Å². The van der Waals surface area contributed by atoms with Crippen molar-refractivity contribution in [3.63, 3.8) is 0 Å². The number of unbranched alkanes of at least 4 members (excludes halogenated alkanes) is 6. The van der Waals surface area contributed by atoms with E-state index in [2.05, 4.69) is 40.5 Å². The molecule has 3 aromatic heterocycles. The van der Waals surface area contributed by atoms with Crippen LogP contribution in [-0.2, 0) is 13.1 Å². The molecule has 0 saturated carbocycles. The van der Waals surface area contributed by atoms with Crippen molar-refractivity contribution in [1.82, 2.24) is 24.1 Å². The zero-order chi connectivity index (χ0) is 27.9. The third kappa shape index (κ3) is 7.21. The van der Waals surface area contributed by atoms with Crippen molar-refractivity contribution < 1.29 is 10.2 Å². The summed E-state index contributed by atoms with van der Waals surface area (Å²) in [6.45, 7) is 5.81. The average Bonchev–Trinajstić information content (AvgIpc) is 3.48. The monoisotopic (exact) mass is 577 g/mol. The van der Waals surface area contributed by atoms with Gasteiger partial charge in [0.05, 0.1) is 23.4 Å². The summed E-state index contributed by atoms with van der Waals surface area (Å²) in [6.07, 6.45) is 11.9. The highest BCUT2D eigenvalue weighted by Crippen LogP contribution is 2.29. The molecule has 218 valence electrons. The van der Waals surface area contributed by atoms with Crippen LogP contribution in [0.3, 0.4) is 0 Å². The molecule has 0 aliphatic rings. The minimum Gasteiger partial charge on any atom is -0.493 e. The smallest absolute Gasteiger partial charge is 0.212 e. The van der Waals surface area contributed by atoms with E-state index >= 15 is 0 Å². The summed E-state index contributed by atoms with van der Waals surface area (Å²) in [4.78, 5) is 13.7. The van der Waals surface area contributed by atoms with E-state index in [0.717, 1.165) is 72.0 Å². The quantitative estimate of drug-likeness (QED) is 0.0775. The molecular formula is C31H40ClN7O2. The van der Waals surface area contributed by atoms with E-state index in [9.17, 15) is 10.2 Å². The van der Waals surface area contributed by atoms with Gasteiger partial charge in [-0.2, -0.15) is 0 Å². The molecule has 0 amide bonds. The Hall–Kier alpha value is -3.98. The van der Waals surface area contributed by atoms with Crippen LogP contribution >= 0.6 is 12.4 Å². The third-order valence-corrected chi connectivity index (χ3v) is 7.26. The lowest BCUT2D eigenvalue weighted by Crippen LogP contribution is -2.04. The molecule has 41 heavy (non-hydrogen) atoms. The Morgan fingerprint density at radius 1 is 0.634 bits per heavy atom. The van der Waals surface area contributed by atoms with Gasteiger partial charge in [-0.3, -0.25) is 9.13 Å². The minimum absolute atomic E-state index is 0. The standard InChI is InChI=1S/C31H39N7O2.ClH/c1-3-5-7-9-15-37-28(39)20-32-30(37)34-24-13-11-22-17-23-12-14-25(19-27(23)36-26(22)18-24)35-31-33-21-29(40)38(31)16-10-8-6-4-2;/h11-14,17-21,39-40H,3-10,15-16H2,1-2H3,(H,32,34)(H,33,35);1H. The summed E-state index contributed by atoms with van der Waals surface area (Å²) in [5, 5.41) is 29.4. The molecule has 0 radical (unpaired) electrons. The largest absolute Gasteiger partial charge is 0.493 e. The second kappa shape index (κ2) is 14.1. The van der Waals surface area contributed by atoms with E-state index in [1.807, 2.05) is 45.5 Å². The number of halogens is 1. The zero-order valence-corrected chi connectivity index (χ0v) is 24.6. The van der Waals surface area contributed by atoms with Crippen LogP contribution in [0.5, 0.6) is 11.8 Å². The molecule has 5 rings (SSSR count). The number of benzene rings is 2. The number of imidazole rings is 2. The van der Waals surface area contributed by atoms with E-state index in [4.69, 9.17) is 4.98 Å². The van der Waals surface area contributed by atoms with Crippen molar-refractivity contribution >= 4 is 57.5 Å². The van der Waals surface area contributed by atoms with Gasteiger partial charge >= 0.3 is 0 Å². The summed E-state index contributed by atoms with van der Waals surface area (Å²) < 4.78 is 3.63. The van der Waals surface area contributed by atoms with Crippen molar-refractivity contribution in [2.75, 3.05) is 10.6 Å². The van der Waals surface area contributed by atoms with Crippen molar-refractivity contribution in [1.29, 1.82) is 0 Å². The highest BCUT2D eigenvalue weighted by molar-refractivity contribution is 5.95. The van der Waals surface area contributed by atoms with Gasteiger partial charge in [-0.1, -0.05) is 64.5 Å². The number of anilines is 4. The number of nitrogens with one attached hydrogen (secondary N) is 2. The molecule has 0 aliphatic heterocycles. The number of aromatic hydroxyl groups is 2. The van der Waals surface area contributed by atoms with Gasteiger partial charge in [0.25, 0.3) is 0 Å². The van der Waals surface area contributed by atoms with Gasteiger partial charge in [0.2, 0.25) is 23.7 Å². The van der Waals surface area contributed by atoms with E-state index < -0.39 is 0 Å². The van der Waals surface area contributed by atoms with Gasteiger partial charge in [-0.25, -0.2) is 15.0 Å². The van der Waals surface area contributed by atoms with Crippen LogP contribution in [0.25, 0.3) is 21.8 Å². The fourth-order valence-corrected chi connectivity index (χ4v) is 5.00. The predicted octanol–water partition coefficient (Wildman–Crippen LogP) is 8.26. The van der Waals surface area contributed by atoms with Crippen molar-refractivity contribution in [2.24, 2.45) is 0 Å². The van der Waals surface area contributed by atoms with Crippen molar-refractivity contribution in [3.8, 4) is 11.8 Å². The van der Waals surface area contributed by atoms with E-state index in [1.165, 1.54) is 38.1 Å². The van der Waals surface area contributed by atoms with Crippen LogP contribution in [-0.4, -0.2) is 34.3 Å². The topological polar surface area (TPSA) is 113 Å². The second-order valence-corrected chi connectivity index (χ2v) is 10.4. The highest BCUT2D eigenvalue weighted by Gasteiger charge is 2.12. The molecule has 0 aliphatic carbocycles. The molecule has 0 fully saturated rings. The number of pyridine rings is 1. The number of hydrogen-bond donors (Lipinski definition) is 4. The average molecular weight is 578 g/mol. The van der Waals surface area contributed by atoms with Crippen molar-refractivity contribution in [3.05, 3.63) is 54.9 Å². The molecule has 0 bridgehead atoms. The lowest BCUT2D eigenvalue weighted by Gasteiger charge is -2.12. The number of aromatic nitrogens is 5. The van der Waals surface area contributed by atoms with Crippen LogP contribution < -0.4 is 10.6 Å². The zero-order valence-electron chi connectivity index (χ0n) is 23.8. The van der Waals surface area contributed by atoms with Crippen molar-refractivity contribution in [2.45, 2.75) is 78.3 Å². The Labute approximate surface area is 247 Å². The summed E-state index contributed by atoms with van der Waals surface area (Å²) in [5.74, 6) is 1.57. The molecule has 0 unspecified atom stereocenters. The molecule has 9 nitrogen and oxygen atoms in total. The van der Waals surface area contributed by atoms with Crippen LogP contribution in [0.2, 0.25) is 0 Å². The first-order valence-electron chi connectivity index (χ1n) is 14.4. The first kappa shape index (κ1) is 30.0. The second-order valence-electron chi connectivity index (χ2n) is 10.4. The first-order chi connectivity index (χ1) is 19.6. The predicted molar refractivity (Wildman–Crippen MR) is 169 cm³/mol. The molecule has 2 aromatic carbocycles. The molecule has 0 saturated heterocycles. The van der Waals surface area contributed by atoms with Gasteiger partial charge in [0.15, 0.2) is 0 Å². The van der Waals surface area contributed by atoms with Crippen LogP contribution in [0.15, 0.2) is 54.9 Å². The van der Waals surface area contributed by atoms with E-state index in [0.29, 0.717) is 11.9 Å². The van der Waals surface area contributed by atoms with E-state index in [-0.39, 0.29) is 24.2 Å². The van der Waals surface area contributed by atoms with Gasteiger partial charge in [-0.15, -0.1) is 12.4 Å². The molecular weight excluding hydrogens is 538 g/mol. The maximum atomic E-state index is 10.3. The molecule has 0 atom stereocenters. The number of hydrogen-bond acceptors (Lipinski definition) is 7. The molecule has 5 aromatic rings. The Morgan fingerprint density at radius 3 is 1.54 bits per heavy atom. The SMILES string of the molecule is CCCCCCn1c(O)cnc1Nc1ccc2cc3ccc(Nc4ncc(O)n4CCCCCC)cc3nc2c1.Cl. The van der Waals surface area contributed by atoms with Crippen LogP contribution in [0.1, 0.15) is 65.2 Å². The first-order valence-corrected chi connectivity index (χ1v) is 14.4. The Kier molecular flexibility index (Phi) is 10.3. The molecule has 4 N–H and O–H groups in total. The number of rotatable bonds is 14. The Bertz CT molecular complexity index is 1470. The summed E-state index contributed by atoms with van der Waals surface area (Å²) in [7, 11) is 0. The third-order valence-electron chi connectivity index (χ3n) is 7.26. The molecule has 3 heterocycles. The van der Waals surface area contributed by atoms with Gasteiger partial charge < -0.3 is 20.8 Å². The van der Waals surface area contributed by atoms with Crippen LogP contribution in [0, 0.1) is 0 Å². The Balaban J connectivity index is 0.00000387. The lowest BCUT2D eigenvalue weighted by atomic mass is 10.1. The lowest BCUT2D eigenvalue weighted by molar-refractivity contribution is 0.412. The summed E-state index contributed by atoms with van der Waals surface area (Å²) in [5.41, 5.74) is 3.43. The summed E-state index contributed by atoms with van der Waals surface area (Å²) >= 11 is 0. The highest BCUT2D eigenvalue weighted by atomic mass is 35.5. The van der Waals surface area contributed by atoms with Gasteiger partial charge in [-0.05, 0) is 43.2 Å². The number of fused-ring (bicyclic) bond motifs is 2. The van der Waals surface area contributed by atoms with E-state index in [1.54, 1.807) is 0 Å². The normalized spacial score (nSPS) is 11.2. The molecule has 0 spiro atoms. The Morgan fingerprint density at radius 2 is 1.10 bits per heavy atom. The maximum Gasteiger partial charge on any atom is 0.212 e. The van der Waals surface area contributed by atoms with Crippen LogP contribution in [0.4, 0.5) is 23.3 Å². The number of nitrogens with zero attached hydrogens (tertiary/aromatic N) is 5.